The Morgan fingerprint density at radius 1 is 1.06 bits per heavy atom. The number of hydrogen-bond acceptors (Lipinski definition) is 6. The molecule has 1 amide bonds. The quantitative estimate of drug-likeness (QED) is 0.402. The van der Waals surface area contributed by atoms with Crippen molar-refractivity contribution in [3.05, 3.63) is 71.5 Å². The summed E-state index contributed by atoms with van der Waals surface area (Å²) >= 11 is 0. The fraction of sp³-hybridized carbons (Fsp3) is 0.231. The molecule has 1 saturated carbocycles. The van der Waals surface area contributed by atoms with Gasteiger partial charge in [-0.3, -0.25) is 4.79 Å². The maximum absolute atomic E-state index is 15.3. The molecule has 0 aliphatic heterocycles. The molecular weight excluding hydrogens is 449 g/mol. The molecule has 1 aromatic heterocycles. The number of H-pyrrole nitrogens is 1. The topological polar surface area (TPSA) is 102 Å². The molecule has 2 N–H and O–H groups in total. The van der Waals surface area contributed by atoms with Crippen molar-refractivity contribution in [2.75, 3.05) is 19.5 Å². The summed E-state index contributed by atoms with van der Waals surface area (Å²) in [7, 11) is 3.08. The number of hydrogen-bond donors (Lipinski definition) is 2. The van der Waals surface area contributed by atoms with Crippen molar-refractivity contribution in [1.82, 2.24) is 20.6 Å². The van der Waals surface area contributed by atoms with E-state index in [9.17, 15) is 4.79 Å². The Labute approximate surface area is 201 Å². The molecule has 1 aliphatic carbocycles. The van der Waals surface area contributed by atoms with Crippen molar-refractivity contribution in [2.45, 2.75) is 19.3 Å². The molecule has 4 aromatic rings. The second kappa shape index (κ2) is 9.17. The molecule has 0 unspecified atom stereocenters. The van der Waals surface area contributed by atoms with E-state index < -0.39 is 5.82 Å². The monoisotopic (exact) mass is 473 g/mol. The third kappa shape index (κ3) is 4.44. The number of nitrogens with zero attached hydrogens (tertiary/aromatic N) is 3. The van der Waals surface area contributed by atoms with Crippen LogP contribution in [0.25, 0.3) is 22.5 Å². The van der Waals surface area contributed by atoms with E-state index in [0.29, 0.717) is 34.0 Å². The molecule has 178 valence electrons. The lowest BCUT2D eigenvalue weighted by molar-refractivity contribution is -0.117. The van der Waals surface area contributed by atoms with Crippen LogP contribution in [0.5, 0.6) is 11.5 Å². The molecule has 1 aliphatic rings. The third-order valence-corrected chi connectivity index (χ3v) is 6.26. The highest BCUT2D eigenvalue weighted by atomic mass is 19.1. The minimum Gasteiger partial charge on any atom is -0.493 e. The number of benzene rings is 3. The van der Waals surface area contributed by atoms with Crippen molar-refractivity contribution in [3.8, 4) is 34.0 Å². The lowest BCUT2D eigenvalue weighted by Crippen LogP contribution is -2.16. The molecule has 0 spiro atoms. The number of halogens is 1. The van der Waals surface area contributed by atoms with Crippen molar-refractivity contribution in [1.29, 1.82) is 0 Å². The average molecular weight is 474 g/mol. The summed E-state index contributed by atoms with van der Waals surface area (Å²) in [6.45, 7) is 2.02. The third-order valence-electron chi connectivity index (χ3n) is 6.26. The minimum atomic E-state index is -0.563. The Morgan fingerprint density at radius 2 is 1.89 bits per heavy atom. The van der Waals surface area contributed by atoms with Crippen LogP contribution in [0.1, 0.15) is 23.5 Å². The standard InChI is InChI=1S/C26H24FN5O3/c1-14-5-4-6-15(9-14)17-11-20(17)26(33)28-22-13-19(25-29-31-32-30-25)18(12-21(22)27)16-7-8-23(34-2)24(10-16)35-3/h4-10,12-13,17,20H,11H2,1-3H3,(H,28,33)(H,29,30,31,32)/t17-,20+/m0/s1. The number of aromatic amines is 1. The second-order valence-electron chi connectivity index (χ2n) is 8.55. The number of amides is 1. The molecule has 1 heterocycles. The van der Waals surface area contributed by atoms with Crippen LogP contribution in [-0.4, -0.2) is 40.8 Å². The summed E-state index contributed by atoms with van der Waals surface area (Å²) in [5.41, 5.74) is 4.08. The van der Waals surface area contributed by atoms with Crippen LogP contribution in [0, 0.1) is 18.7 Å². The van der Waals surface area contributed by atoms with Crippen LogP contribution in [0.4, 0.5) is 10.1 Å². The first kappa shape index (κ1) is 22.5. The Bertz CT molecular complexity index is 1390. The van der Waals surface area contributed by atoms with E-state index in [1.165, 1.54) is 13.2 Å². The van der Waals surface area contributed by atoms with Gasteiger partial charge >= 0.3 is 0 Å². The zero-order chi connectivity index (χ0) is 24.5. The van der Waals surface area contributed by atoms with Crippen molar-refractivity contribution in [3.63, 3.8) is 0 Å². The zero-order valence-corrected chi connectivity index (χ0v) is 19.5. The van der Waals surface area contributed by atoms with Crippen LogP contribution >= 0.6 is 0 Å². The number of methoxy groups -OCH3 is 2. The molecule has 0 saturated heterocycles. The van der Waals surface area contributed by atoms with Gasteiger partial charge in [-0.2, -0.15) is 0 Å². The molecule has 8 nitrogen and oxygen atoms in total. The van der Waals surface area contributed by atoms with Crippen molar-refractivity contribution >= 4 is 11.6 Å². The summed E-state index contributed by atoms with van der Waals surface area (Å²) in [4.78, 5) is 12.9. The van der Waals surface area contributed by atoms with Gasteiger partial charge in [0, 0.05) is 11.5 Å². The van der Waals surface area contributed by atoms with Crippen molar-refractivity contribution < 1.29 is 18.7 Å². The van der Waals surface area contributed by atoms with Gasteiger partial charge < -0.3 is 14.8 Å². The van der Waals surface area contributed by atoms with Crippen LogP contribution < -0.4 is 14.8 Å². The van der Waals surface area contributed by atoms with E-state index in [4.69, 9.17) is 9.47 Å². The van der Waals surface area contributed by atoms with E-state index >= 15 is 4.39 Å². The fourth-order valence-corrected chi connectivity index (χ4v) is 4.36. The number of aromatic nitrogens is 4. The molecule has 5 rings (SSSR count). The van der Waals surface area contributed by atoms with Crippen LogP contribution in [-0.2, 0) is 4.79 Å². The van der Waals surface area contributed by atoms with Gasteiger partial charge in [0.1, 0.15) is 5.82 Å². The lowest BCUT2D eigenvalue weighted by atomic mass is 9.97. The summed E-state index contributed by atoms with van der Waals surface area (Å²) < 4.78 is 26.0. The van der Waals surface area contributed by atoms with Gasteiger partial charge in [-0.25, -0.2) is 9.49 Å². The van der Waals surface area contributed by atoms with Crippen LogP contribution in [0.15, 0.2) is 54.6 Å². The number of aryl methyl sites for hydroxylation is 1. The van der Waals surface area contributed by atoms with E-state index in [0.717, 1.165) is 17.5 Å². The minimum absolute atomic E-state index is 0.0699. The Balaban J connectivity index is 1.46. The largest absolute Gasteiger partial charge is 0.493 e. The molecule has 0 radical (unpaired) electrons. The SMILES string of the molecule is COc1ccc(-c2cc(F)c(NC(=O)[C@@H]3C[C@H]3c3cccc(C)c3)cc2-c2nnn[nH]2)cc1OC. The number of anilines is 1. The molecule has 0 bridgehead atoms. The van der Waals surface area contributed by atoms with E-state index in [-0.39, 0.29) is 23.4 Å². The molecule has 2 atom stereocenters. The fourth-order valence-electron chi connectivity index (χ4n) is 4.36. The Hall–Kier alpha value is -4.27. The molecule has 3 aromatic carbocycles. The molecule has 1 fully saturated rings. The van der Waals surface area contributed by atoms with Gasteiger partial charge in [-0.1, -0.05) is 35.9 Å². The van der Waals surface area contributed by atoms with Gasteiger partial charge in [-0.15, -0.1) is 5.10 Å². The predicted octanol–water partition coefficient (Wildman–Crippen LogP) is 4.74. The number of tetrazole rings is 1. The highest BCUT2D eigenvalue weighted by molar-refractivity contribution is 5.97. The summed E-state index contributed by atoms with van der Waals surface area (Å²) in [6.07, 6.45) is 0.736. The Morgan fingerprint density at radius 3 is 2.60 bits per heavy atom. The lowest BCUT2D eigenvalue weighted by Gasteiger charge is -2.14. The van der Waals surface area contributed by atoms with E-state index in [1.807, 2.05) is 25.1 Å². The smallest absolute Gasteiger partial charge is 0.228 e. The molecule has 35 heavy (non-hydrogen) atoms. The highest BCUT2D eigenvalue weighted by Crippen LogP contribution is 2.48. The summed E-state index contributed by atoms with van der Waals surface area (Å²) in [6, 6.07) is 16.3. The van der Waals surface area contributed by atoms with Gasteiger partial charge in [0.15, 0.2) is 17.3 Å². The van der Waals surface area contributed by atoms with Gasteiger partial charge in [0.2, 0.25) is 5.91 Å². The maximum atomic E-state index is 15.3. The summed E-state index contributed by atoms with van der Waals surface area (Å²) in [5.74, 6) is 0.563. The number of ether oxygens (including phenoxy) is 2. The molecule has 9 heteroatoms. The van der Waals surface area contributed by atoms with Gasteiger partial charge in [0.05, 0.1) is 19.9 Å². The van der Waals surface area contributed by atoms with E-state index in [1.54, 1.807) is 31.4 Å². The summed E-state index contributed by atoms with van der Waals surface area (Å²) in [5, 5.41) is 16.8. The zero-order valence-electron chi connectivity index (χ0n) is 19.5. The highest BCUT2D eigenvalue weighted by Gasteiger charge is 2.44. The molecular formula is C26H24FN5O3. The normalized spacial score (nSPS) is 16.6. The number of rotatable bonds is 7. The maximum Gasteiger partial charge on any atom is 0.228 e. The first-order valence-corrected chi connectivity index (χ1v) is 11.2. The second-order valence-corrected chi connectivity index (χ2v) is 8.55. The van der Waals surface area contributed by atoms with Crippen LogP contribution in [0.3, 0.4) is 0 Å². The van der Waals surface area contributed by atoms with Gasteiger partial charge in [-0.05, 0) is 70.6 Å². The first-order valence-electron chi connectivity index (χ1n) is 11.2. The van der Waals surface area contributed by atoms with Crippen LogP contribution in [0.2, 0.25) is 0 Å². The first-order chi connectivity index (χ1) is 17.0. The van der Waals surface area contributed by atoms with Crippen molar-refractivity contribution in [2.24, 2.45) is 5.92 Å². The van der Waals surface area contributed by atoms with E-state index in [2.05, 4.69) is 32.0 Å². The average Bonchev–Trinajstić information content (AvgIpc) is 3.50. The van der Waals surface area contributed by atoms with Gasteiger partial charge in [0.25, 0.3) is 0 Å². The number of carbonyl (C=O) groups excluding carboxylic acids is 1. The predicted molar refractivity (Wildman–Crippen MR) is 129 cm³/mol. The Kier molecular flexibility index (Phi) is 5.90. The number of carbonyl (C=O) groups is 1. The number of nitrogens with one attached hydrogen (secondary N) is 2.